The van der Waals surface area contributed by atoms with Crippen LogP contribution in [-0.2, 0) is 4.79 Å². The number of hydrogen-bond acceptors (Lipinski definition) is 4. The summed E-state index contributed by atoms with van der Waals surface area (Å²) in [6, 6.07) is 0. The Morgan fingerprint density at radius 2 is 2.18 bits per heavy atom. The van der Waals surface area contributed by atoms with E-state index >= 15 is 0 Å². The molecule has 0 atom stereocenters. The lowest BCUT2D eigenvalue weighted by atomic mass is 10.6. The SMILES string of the molecule is CN(C)C(=O)CSC(N)=NN. The Kier molecular flexibility index (Phi) is 4.44. The van der Waals surface area contributed by atoms with Crippen LogP contribution in [0.15, 0.2) is 5.10 Å². The van der Waals surface area contributed by atoms with Crippen LogP contribution < -0.4 is 11.6 Å². The predicted molar refractivity (Wildman–Crippen MR) is 47.0 cm³/mol. The summed E-state index contributed by atoms with van der Waals surface area (Å²) in [5.41, 5.74) is 5.24. The van der Waals surface area contributed by atoms with Crippen molar-refractivity contribution in [3.8, 4) is 0 Å². The number of carbonyl (C=O) groups excluding carboxylic acids is 1. The van der Waals surface area contributed by atoms with Gasteiger partial charge in [0.25, 0.3) is 0 Å². The van der Waals surface area contributed by atoms with Crippen molar-refractivity contribution in [2.75, 3.05) is 19.8 Å². The number of amides is 1. The van der Waals surface area contributed by atoms with Crippen LogP contribution in [0.4, 0.5) is 0 Å². The third kappa shape index (κ3) is 4.49. The van der Waals surface area contributed by atoms with E-state index in [-0.39, 0.29) is 16.8 Å². The molecule has 4 N–H and O–H groups in total. The lowest BCUT2D eigenvalue weighted by Crippen LogP contribution is -2.25. The van der Waals surface area contributed by atoms with Crippen LogP contribution >= 0.6 is 11.8 Å². The average Bonchev–Trinajstić information content (AvgIpc) is 1.99. The molecular formula is C5H12N4OS. The van der Waals surface area contributed by atoms with Gasteiger partial charge in [-0.1, -0.05) is 11.8 Å². The van der Waals surface area contributed by atoms with Gasteiger partial charge in [0.2, 0.25) is 5.91 Å². The number of amidine groups is 1. The van der Waals surface area contributed by atoms with Crippen molar-refractivity contribution in [1.29, 1.82) is 0 Å². The van der Waals surface area contributed by atoms with Gasteiger partial charge in [-0.3, -0.25) is 4.79 Å². The molecule has 0 rings (SSSR count). The Bertz CT molecular complexity index is 168. The van der Waals surface area contributed by atoms with Crippen molar-refractivity contribution in [3.05, 3.63) is 0 Å². The summed E-state index contributed by atoms with van der Waals surface area (Å²) in [7, 11) is 3.36. The predicted octanol–water partition coefficient (Wildman–Crippen LogP) is -1.00. The molecule has 0 fully saturated rings. The van der Waals surface area contributed by atoms with Crippen LogP contribution in [-0.4, -0.2) is 35.8 Å². The van der Waals surface area contributed by atoms with E-state index in [1.54, 1.807) is 14.1 Å². The van der Waals surface area contributed by atoms with Gasteiger partial charge in [0.1, 0.15) is 0 Å². The first-order valence-corrected chi connectivity index (χ1v) is 3.92. The van der Waals surface area contributed by atoms with Crippen LogP contribution in [0.25, 0.3) is 0 Å². The van der Waals surface area contributed by atoms with Gasteiger partial charge in [0.05, 0.1) is 5.75 Å². The van der Waals surface area contributed by atoms with Crippen LogP contribution in [0.3, 0.4) is 0 Å². The molecule has 0 saturated carbocycles. The minimum Gasteiger partial charge on any atom is -0.377 e. The zero-order chi connectivity index (χ0) is 8.85. The third-order valence-electron chi connectivity index (χ3n) is 0.970. The van der Waals surface area contributed by atoms with E-state index in [9.17, 15) is 4.79 Å². The van der Waals surface area contributed by atoms with Gasteiger partial charge in [-0.25, -0.2) is 0 Å². The van der Waals surface area contributed by atoms with Gasteiger partial charge in [-0.2, -0.15) is 5.10 Å². The Hall–Kier alpha value is -0.910. The van der Waals surface area contributed by atoms with E-state index in [0.717, 1.165) is 11.8 Å². The Morgan fingerprint density at radius 1 is 1.64 bits per heavy atom. The largest absolute Gasteiger partial charge is 0.377 e. The molecule has 0 spiro atoms. The molecule has 0 heterocycles. The minimum atomic E-state index is -0.0124. The molecule has 0 aliphatic heterocycles. The second-order valence-electron chi connectivity index (χ2n) is 2.04. The second-order valence-corrected chi connectivity index (χ2v) is 3.04. The van der Waals surface area contributed by atoms with E-state index in [2.05, 4.69) is 5.10 Å². The fourth-order valence-corrected chi connectivity index (χ4v) is 0.906. The molecule has 0 aromatic rings. The number of nitrogens with two attached hydrogens (primary N) is 2. The maximum atomic E-state index is 10.9. The summed E-state index contributed by atoms with van der Waals surface area (Å²) in [4.78, 5) is 12.4. The van der Waals surface area contributed by atoms with Crippen molar-refractivity contribution in [2.24, 2.45) is 16.7 Å². The van der Waals surface area contributed by atoms with Crippen molar-refractivity contribution in [1.82, 2.24) is 4.90 Å². The molecular weight excluding hydrogens is 164 g/mol. The first-order valence-electron chi connectivity index (χ1n) is 2.94. The molecule has 1 amide bonds. The third-order valence-corrected chi connectivity index (χ3v) is 1.76. The summed E-state index contributed by atoms with van der Waals surface area (Å²) < 4.78 is 0. The molecule has 0 bridgehead atoms. The molecule has 64 valence electrons. The number of nitrogens with zero attached hydrogens (tertiary/aromatic N) is 2. The average molecular weight is 176 g/mol. The van der Waals surface area contributed by atoms with Crippen molar-refractivity contribution in [2.45, 2.75) is 0 Å². The Morgan fingerprint density at radius 3 is 2.55 bits per heavy atom. The smallest absolute Gasteiger partial charge is 0.232 e. The molecule has 6 heteroatoms. The molecule has 0 aromatic heterocycles. The monoisotopic (exact) mass is 176 g/mol. The zero-order valence-corrected chi connectivity index (χ0v) is 7.39. The van der Waals surface area contributed by atoms with Gasteiger partial charge in [0.15, 0.2) is 5.17 Å². The molecule has 0 aliphatic carbocycles. The molecule has 0 unspecified atom stereocenters. The quantitative estimate of drug-likeness (QED) is 0.244. The number of thioether (sulfide) groups is 1. The highest BCUT2D eigenvalue weighted by atomic mass is 32.2. The number of rotatable bonds is 2. The van der Waals surface area contributed by atoms with Gasteiger partial charge in [-0.15, -0.1) is 0 Å². The van der Waals surface area contributed by atoms with Gasteiger partial charge in [-0.05, 0) is 0 Å². The molecule has 11 heavy (non-hydrogen) atoms. The van der Waals surface area contributed by atoms with E-state index in [0.29, 0.717) is 0 Å². The van der Waals surface area contributed by atoms with E-state index in [1.807, 2.05) is 0 Å². The summed E-state index contributed by atoms with van der Waals surface area (Å²) in [5.74, 6) is 5.12. The summed E-state index contributed by atoms with van der Waals surface area (Å²) in [5, 5.41) is 3.43. The minimum absolute atomic E-state index is 0.0124. The number of hydrogen-bond donors (Lipinski definition) is 2. The summed E-state index contributed by atoms with van der Waals surface area (Å²) in [6.45, 7) is 0. The van der Waals surface area contributed by atoms with Crippen molar-refractivity contribution in [3.63, 3.8) is 0 Å². The van der Waals surface area contributed by atoms with Crippen LogP contribution in [0.5, 0.6) is 0 Å². The molecule has 0 aliphatic rings. The van der Waals surface area contributed by atoms with Gasteiger partial charge < -0.3 is 16.5 Å². The summed E-state index contributed by atoms with van der Waals surface area (Å²) >= 11 is 1.12. The van der Waals surface area contributed by atoms with E-state index in [4.69, 9.17) is 11.6 Å². The highest BCUT2D eigenvalue weighted by Crippen LogP contribution is 1.99. The highest BCUT2D eigenvalue weighted by molar-refractivity contribution is 8.14. The molecule has 0 radical (unpaired) electrons. The standard InChI is InChI=1S/C5H12N4OS/c1-9(2)4(10)3-11-5(6)8-7/h3,7H2,1-2H3,(H2,6,8). The molecule has 0 aromatic carbocycles. The van der Waals surface area contributed by atoms with E-state index < -0.39 is 0 Å². The maximum absolute atomic E-state index is 10.9. The Labute approximate surface area is 69.8 Å². The first kappa shape index (κ1) is 10.1. The number of hydrazone groups is 1. The second kappa shape index (κ2) is 4.84. The fourth-order valence-electron chi connectivity index (χ4n) is 0.302. The lowest BCUT2D eigenvalue weighted by Gasteiger charge is -2.08. The van der Waals surface area contributed by atoms with Crippen molar-refractivity contribution < 1.29 is 4.79 Å². The zero-order valence-electron chi connectivity index (χ0n) is 6.57. The number of carbonyl (C=O) groups is 1. The first-order chi connectivity index (χ1) is 5.07. The van der Waals surface area contributed by atoms with E-state index in [1.165, 1.54) is 4.90 Å². The van der Waals surface area contributed by atoms with Crippen LogP contribution in [0.2, 0.25) is 0 Å². The Balaban J connectivity index is 3.63. The lowest BCUT2D eigenvalue weighted by molar-refractivity contribution is -0.125. The van der Waals surface area contributed by atoms with Crippen LogP contribution in [0, 0.1) is 0 Å². The topological polar surface area (TPSA) is 84.7 Å². The van der Waals surface area contributed by atoms with Gasteiger partial charge in [0, 0.05) is 14.1 Å². The highest BCUT2D eigenvalue weighted by Gasteiger charge is 2.04. The maximum Gasteiger partial charge on any atom is 0.232 e. The molecule has 5 nitrogen and oxygen atoms in total. The van der Waals surface area contributed by atoms with Gasteiger partial charge >= 0.3 is 0 Å². The summed E-state index contributed by atoms with van der Waals surface area (Å²) in [6.07, 6.45) is 0. The van der Waals surface area contributed by atoms with Crippen LogP contribution in [0.1, 0.15) is 0 Å². The molecule has 0 saturated heterocycles. The normalized spacial score (nSPS) is 11.3. The fraction of sp³-hybridized carbons (Fsp3) is 0.600. The van der Waals surface area contributed by atoms with Crippen molar-refractivity contribution >= 4 is 22.8 Å².